The number of likely N-dealkylation sites (tertiary alicyclic amines) is 1. The molecule has 2 saturated heterocycles. The smallest absolute Gasteiger partial charge is 0.252 e. The normalized spacial score (nSPS) is 19.9. The van der Waals surface area contributed by atoms with Gasteiger partial charge in [0.25, 0.3) is 5.91 Å². The van der Waals surface area contributed by atoms with Crippen LogP contribution in [0.15, 0.2) is 47.2 Å². The van der Waals surface area contributed by atoms with Gasteiger partial charge in [0.2, 0.25) is 5.91 Å². The summed E-state index contributed by atoms with van der Waals surface area (Å²) in [5, 5.41) is 6.50. The monoisotopic (exact) mass is 510 g/mol. The van der Waals surface area contributed by atoms with Crippen molar-refractivity contribution in [3.63, 3.8) is 0 Å². The van der Waals surface area contributed by atoms with E-state index in [9.17, 15) is 14.4 Å². The molecule has 3 heterocycles. The summed E-state index contributed by atoms with van der Waals surface area (Å²) < 4.78 is 5.57. The van der Waals surface area contributed by atoms with Crippen molar-refractivity contribution >= 4 is 54.2 Å². The molecule has 1 aromatic heterocycles. The predicted octanol–water partition coefficient (Wildman–Crippen LogP) is 4.12. The summed E-state index contributed by atoms with van der Waals surface area (Å²) in [5.41, 5.74) is 1.71. The first kappa shape index (κ1) is 29.2. The number of benzene rings is 1. The molecule has 4 rings (SSSR count). The summed E-state index contributed by atoms with van der Waals surface area (Å²) >= 11 is 3.03. The van der Waals surface area contributed by atoms with Crippen LogP contribution in [0.1, 0.15) is 43.6 Å². The molecule has 0 unspecified atom stereocenters. The maximum absolute atomic E-state index is 13.4. The zero-order valence-electron chi connectivity index (χ0n) is 17.0. The highest BCUT2D eigenvalue weighted by atomic mass is 32.2. The molecule has 9 heteroatoms. The Kier molecular flexibility index (Phi) is 12.2. The lowest BCUT2D eigenvalue weighted by Gasteiger charge is -2.37. The van der Waals surface area contributed by atoms with Crippen molar-refractivity contribution in [1.82, 2.24) is 10.2 Å². The molecule has 0 radical (unpaired) electrons. The summed E-state index contributed by atoms with van der Waals surface area (Å²) in [6, 6.07) is 10.5. The average molecular weight is 511 g/mol. The Balaban J connectivity index is 0.00000181. The predicted molar refractivity (Wildman–Crippen MR) is 142 cm³/mol. The molecule has 2 aromatic rings. The largest absolute Gasteiger partial charge is 0.368 e. The van der Waals surface area contributed by atoms with Crippen LogP contribution in [0.4, 0.5) is 0 Å². The number of rotatable bonds is 7. The number of fused-ring (bicyclic) bond motifs is 1. The Morgan fingerprint density at radius 3 is 2.67 bits per heavy atom. The van der Waals surface area contributed by atoms with E-state index in [4.69, 9.17) is 4.74 Å². The summed E-state index contributed by atoms with van der Waals surface area (Å²) in [5.74, 6) is 0.664. The highest BCUT2D eigenvalue weighted by Gasteiger charge is 2.45. The van der Waals surface area contributed by atoms with Crippen LogP contribution in [-0.4, -0.2) is 59.6 Å². The van der Waals surface area contributed by atoms with E-state index in [2.05, 4.69) is 5.32 Å². The van der Waals surface area contributed by atoms with Gasteiger partial charge in [-0.25, -0.2) is 0 Å². The lowest BCUT2D eigenvalue weighted by molar-refractivity contribution is -0.141. The van der Waals surface area contributed by atoms with Gasteiger partial charge in [0, 0.05) is 23.4 Å². The third kappa shape index (κ3) is 7.09. The lowest BCUT2D eigenvalue weighted by atomic mass is 9.97. The molecule has 2 aliphatic rings. The van der Waals surface area contributed by atoms with Crippen LogP contribution in [0.25, 0.3) is 0 Å². The summed E-state index contributed by atoms with van der Waals surface area (Å²) in [7, 11) is 0. The van der Waals surface area contributed by atoms with Gasteiger partial charge in [0.15, 0.2) is 5.78 Å². The first-order valence-electron chi connectivity index (χ1n) is 10.0. The van der Waals surface area contributed by atoms with Gasteiger partial charge in [-0.2, -0.15) is 36.6 Å². The highest BCUT2D eigenvalue weighted by molar-refractivity contribution is 7.98. The van der Waals surface area contributed by atoms with Crippen LogP contribution in [0.5, 0.6) is 0 Å². The average Bonchev–Trinajstić information content (AvgIpc) is 3.44. The van der Waals surface area contributed by atoms with E-state index in [1.807, 2.05) is 35.7 Å². The molecular formula is C24H34N2O4S3. The number of carbonyl (C=O) groups is 3. The molecule has 2 amide bonds. The third-order valence-electron chi connectivity index (χ3n) is 5.41. The molecule has 1 aromatic carbocycles. The number of Topliss-reactive ketones (excluding diaryl/α,β-unsaturated/α-hetero) is 1. The van der Waals surface area contributed by atoms with Crippen molar-refractivity contribution in [3.05, 3.63) is 58.3 Å². The molecule has 0 aliphatic carbocycles. The fraction of sp³-hybridized carbons (Fsp3) is 0.458. The van der Waals surface area contributed by atoms with E-state index in [1.165, 1.54) is 11.3 Å². The molecule has 3 atom stereocenters. The Labute approximate surface area is 211 Å². The van der Waals surface area contributed by atoms with Gasteiger partial charge in [-0.05, 0) is 29.9 Å². The van der Waals surface area contributed by atoms with Gasteiger partial charge in [0.1, 0.15) is 18.7 Å². The second-order valence-electron chi connectivity index (χ2n) is 7.47. The van der Waals surface area contributed by atoms with Crippen molar-refractivity contribution < 1.29 is 19.1 Å². The van der Waals surface area contributed by atoms with Gasteiger partial charge < -0.3 is 15.0 Å². The Morgan fingerprint density at radius 1 is 1.21 bits per heavy atom. The number of ketones is 1. The lowest BCUT2D eigenvalue weighted by Crippen LogP contribution is -2.58. The number of thiophene rings is 1. The van der Waals surface area contributed by atoms with Gasteiger partial charge in [-0.3, -0.25) is 14.4 Å². The third-order valence-corrected chi connectivity index (χ3v) is 7.20. The molecule has 0 spiro atoms. The molecule has 0 saturated carbocycles. The van der Waals surface area contributed by atoms with Gasteiger partial charge in [-0.1, -0.05) is 45.2 Å². The fourth-order valence-corrected chi connectivity index (χ4v) is 5.56. The van der Waals surface area contributed by atoms with Crippen molar-refractivity contribution in [2.75, 3.05) is 18.9 Å². The van der Waals surface area contributed by atoms with Crippen molar-refractivity contribution in [1.29, 1.82) is 0 Å². The number of hydrogen-bond donors (Lipinski definition) is 1. The number of nitrogens with one attached hydrogen (secondary N) is 1. The van der Waals surface area contributed by atoms with E-state index in [0.29, 0.717) is 17.9 Å². The fourth-order valence-electron chi connectivity index (χ4n) is 3.92. The topological polar surface area (TPSA) is 75.7 Å². The second-order valence-corrected chi connectivity index (χ2v) is 9.28. The van der Waals surface area contributed by atoms with E-state index in [-0.39, 0.29) is 58.7 Å². The highest BCUT2D eigenvalue weighted by Crippen LogP contribution is 2.27. The SMILES string of the molecule is C.C.O=C(N[C@@H](CSCc1ccccc1)C(=O)N1CCC[C@@H]2OCC(=O)[C@@H]21)c1ccsc1.S. The van der Waals surface area contributed by atoms with Crippen molar-refractivity contribution in [2.24, 2.45) is 0 Å². The second kappa shape index (κ2) is 13.8. The van der Waals surface area contributed by atoms with E-state index < -0.39 is 12.1 Å². The number of carbonyl (C=O) groups excluding carboxylic acids is 3. The molecule has 6 nitrogen and oxygen atoms in total. The number of piperidine rings is 1. The molecule has 1 N–H and O–H groups in total. The van der Waals surface area contributed by atoms with Gasteiger partial charge in [-0.15, -0.1) is 0 Å². The van der Waals surface area contributed by atoms with E-state index in [1.54, 1.807) is 28.1 Å². The zero-order valence-corrected chi connectivity index (χ0v) is 19.6. The summed E-state index contributed by atoms with van der Waals surface area (Å²) in [4.78, 5) is 40.1. The van der Waals surface area contributed by atoms with Crippen LogP contribution in [0.2, 0.25) is 0 Å². The minimum atomic E-state index is -0.696. The summed E-state index contributed by atoms with van der Waals surface area (Å²) in [6.07, 6.45) is 1.36. The molecule has 0 bridgehead atoms. The number of nitrogens with zero attached hydrogens (tertiary/aromatic N) is 1. The van der Waals surface area contributed by atoms with Gasteiger partial charge >= 0.3 is 0 Å². The quantitative estimate of drug-likeness (QED) is 0.606. The minimum absolute atomic E-state index is 0. The molecule has 33 heavy (non-hydrogen) atoms. The van der Waals surface area contributed by atoms with E-state index in [0.717, 1.165) is 24.2 Å². The van der Waals surface area contributed by atoms with Gasteiger partial charge in [0.05, 0.1) is 11.7 Å². The number of amides is 2. The van der Waals surface area contributed by atoms with Crippen LogP contribution in [0.3, 0.4) is 0 Å². The maximum Gasteiger partial charge on any atom is 0.252 e. The first-order valence-corrected chi connectivity index (χ1v) is 12.1. The van der Waals surface area contributed by atoms with Crippen molar-refractivity contribution in [3.8, 4) is 0 Å². The molecule has 182 valence electrons. The Bertz CT molecular complexity index is 892. The Morgan fingerprint density at radius 2 is 1.97 bits per heavy atom. The number of ether oxygens (including phenoxy) is 1. The summed E-state index contributed by atoms with van der Waals surface area (Å²) in [6.45, 7) is 0.580. The van der Waals surface area contributed by atoms with Crippen LogP contribution < -0.4 is 5.32 Å². The van der Waals surface area contributed by atoms with Crippen LogP contribution >= 0.6 is 36.6 Å². The van der Waals surface area contributed by atoms with Crippen LogP contribution in [0, 0.1) is 0 Å². The number of hydrogen-bond acceptors (Lipinski definition) is 6. The Hall–Kier alpha value is -1.81. The molecule has 2 fully saturated rings. The first-order chi connectivity index (χ1) is 14.6. The number of thioether (sulfide) groups is 1. The standard InChI is InChI=1S/C22H24N2O4S2.2CH4.H2S/c25-18-11-28-19-7-4-9-24(20(18)19)22(27)17(23-21(26)16-8-10-29-13-16)14-30-12-15-5-2-1-3-6-15;;;/h1-3,5-6,8,10,13,17,19-20H,4,7,9,11-12,14H2,(H,23,26);2*1H4;1H2/t17-,19-,20-;;;/m0.../s1. The zero-order chi connectivity index (χ0) is 20.9. The maximum atomic E-state index is 13.4. The van der Waals surface area contributed by atoms with Crippen molar-refractivity contribution in [2.45, 2.75) is 51.6 Å². The minimum Gasteiger partial charge on any atom is -0.368 e. The molecular weight excluding hydrogens is 476 g/mol. The van der Waals surface area contributed by atoms with E-state index >= 15 is 0 Å². The van der Waals surface area contributed by atoms with Crippen LogP contribution in [-0.2, 0) is 20.1 Å². The molecule has 2 aliphatic heterocycles.